The van der Waals surface area contributed by atoms with E-state index in [1.807, 2.05) is 0 Å². The summed E-state index contributed by atoms with van der Waals surface area (Å²) < 4.78 is 53.2. The fourth-order valence-electron chi connectivity index (χ4n) is 2.91. The quantitative estimate of drug-likeness (QED) is 0.603. The average molecular weight is 450 g/mol. The lowest BCUT2D eigenvalue weighted by molar-refractivity contribution is -0.153. The van der Waals surface area contributed by atoms with E-state index < -0.39 is 30.2 Å². The Hall–Kier alpha value is -2.72. The molecule has 1 aromatic carbocycles. The lowest BCUT2D eigenvalue weighted by Crippen LogP contribution is -2.25. The van der Waals surface area contributed by atoms with Crippen molar-refractivity contribution in [3.63, 3.8) is 0 Å². The molecule has 0 aliphatic carbocycles. The Morgan fingerprint density at radius 3 is 2.53 bits per heavy atom. The monoisotopic (exact) mass is 449 g/mol. The highest BCUT2D eigenvalue weighted by molar-refractivity contribution is 6.31. The summed E-state index contributed by atoms with van der Waals surface area (Å²) in [5, 5.41) is 9.83. The Balaban J connectivity index is 2.77. The SMILES string of the molecule is COCCC(C(=O)O)c1c(-c2cc(Cl)ccc2OCC(F)(F)F)c(OC)c[nH]c1=O. The van der Waals surface area contributed by atoms with Gasteiger partial charge in [0.2, 0.25) is 0 Å². The van der Waals surface area contributed by atoms with E-state index in [0.717, 1.165) is 0 Å². The number of alkyl halides is 3. The molecule has 1 aromatic heterocycles. The first-order valence-electron chi connectivity index (χ1n) is 8.59. The molecule has 11 heteroatoms. The van der Waals surface area contributed by atoms with Crippen LogP contribution in [-0.4, -0.2) is 49.7 Å². The van der Waals surface area contributed by atoms with Crippen molar-refractivity contribution in [2.24, 2.45) is 0 Å². The molecule has 0 aliphatic heterocycles. The summed E-state index contributed by atoms with van der Waals surface area (Å²) in [6, 6.07) is 3.80. The summed E-state index contributed by atoms with van der Waals surface area (Å²) in [4.78, 5) is 26.9. The number of halogens is 4. The number of carboxylic acid groups (broad SMARTS) is 1. The van der Waals surface area contributed by atoms with E-state index in [2.05, 4.69) is 4.98 Å². The zero-order valence-electron chi connectivity index (χ0n) is 16.0. The van der Waals surface area contributed by atoms with Crippen molar-refractivity contribution in [2.45, 2.75) is 18.5 Å². The van der Waals surface area contributed by atoms with Gasteiger partial charge in [0, 0.05) is 41.6 Å². The second-order valence-electron chi connectivity index (χ2n) is 6.19. The minimum atomic E-state index is -4.61. The molecule has 7 nitrogen and oxygen atoms in total. The number of carbonyl (C=O) groups is 1. The van der Waals surface area contributed by atoms with E-state index in [1.165, 1.54) is 38.6 Å². The highest BCUT2D eigenvalue weighted by atomic mass is 35.5. The van der Waals surface area contributed by atoms with Crippen LogP contribution in [0.2, 0.25) is 5.02 Å². The normalized spacial score (nSPS) is 12.5. The summed E-state index contributed by atoms with van der Waals surface area (Å²) in [6.45, 7) is -1.56. The average Bonchev–Trinajstić information content (AvgIpc) is 2.67. The Bertz CT molecular complexity index is 960. The molecule has 30 heavy (non-hydrogen) atoms. The number of carboxylic acids is 1. The van der Waals surface area contributed by atoms with Gasteiger partial charge in [-0.1, -0.05) is 11.6 Å². The molecule has 2 N–H and O–H groups in total. The molecule has 0 radical (unpaired) electrons. The van der Waals surface area contributed by atoms with Gasteiger partial charge >= 0.3 is 12.1 Å². The van der Waals surface area contributed by atoms with Gasteiger partial charge in [0.25, 0.3) is 5.56 Å². The Labute approximate surface area is 174 Å². The first kappa shape index (κ1) is 23.6. The van der Waals surface area contributed by atoms with E-state index >= 15 is 0 Å². The van der Waals surface area contributed by atoms with Gasteiger partial charge in [-0.15, -0.1) is 0 Å². The third kappa shape index (κ3) is 5.67. The molecular weight excluding hydrogens is 431 g/mol. The number of pyridine rings is 1. The third-order valence-corrected chi connectivity index (χ3v) is 4.41. The van der Waals surface area contributed by atoms with Crippen LogP contribution in [0.3, 0.4) is 0 Å². The van der Waals surface area contributed by atoms with Gasteiger partial charge in [-0.05, 0) is 24.6 Å². The number of hydrogen-bond donors (Lipinski definition) is 2. The number of rotatable bonds is 9. The van der Waals surface area contributed by atoms with Gasteiger partial charge in [0.05, 0.1) is 13.0 Å². The Morgan fingerprint density at radius 1 is 1.27 bits per heavy atom. The van der Waals surface area contributed by atoms with Gasteiger partial charge in [-0.25, -0.2) is 0 Å². The molecule has 0 spiro atoms. The summed E-state index contributed by atoms with van der Waals surface area (Å²) >= 11 is 6.03. The first-order chi connectivity index (χ1) is 14.1. The summed E-state index contributed by atoms with van der Waals surface area (Å²) in [5.74, 6) is -2.84. The highest BCUT2D eigenvalue weighted by Crippen LogP contribution is 2.42. The third-order valence-electron chi connectivity index (χ3n) is 4.17. The number of aromatic amines is 1. The molecule has 2 aromatic rings. The second kappa shape index (κ2) is 9.86. The van der Waals surface area contributed by atoms with E-state index in [1.54, 1.807) is 0 Å². The fraction of sp³-hybridized carbons (Fsp3) is 0.368. The molecule has 0 saturated heterocycles. The molecule has 0 amide bonds. The number of H-pyrrole nitrogens is 1. The van der Waals surface area contributed by atoms with Crippen molar-refractivity contribution in [2.75, 3.05) is 27.4 Å². The van der Waals surface area contributed by atoms with Gasteiger partial charge in [0.1, 0.15) is 11.5 Å². The van der Waals surface area contributed by atoms with E-state index in [-0.39, 0.29) is 46.2 Å². The lowest BCUT2D eigenvalue weighted by atomic mass is 9.89. The minimum absolute atomic E-state index is 0.00614. The van der Waals surface area contributed by atoms with Crippen LogP contribution in [0, 0.1) is 0 Å². The first-order valence-corrected chi connectivity index (χ1v) is 8.97. The largest absolute Gasteiger partial charge is 0.495 e. The zero-order chi connectivity index (χ0) is 22.5. The number of hydrogen-bond acceptors (Lipinski definition) is 5. The van der Waals surface area contributed by atoms with Crippen LogP contribution in [0.5, 0.6) is 11.5 Å². The topological polar surface area (TPSA) is 97.8 Å². The fourth-order valence-corrected chi connectivity index (χ4v) is 3.08. The van der Waals surface area contributed by atoms with Crippen LogP contribution in [-0.2, 0) is 9.53 Å². The minimum Gasteiger partial charge on any atom is -0.495 e. The zero-order valence-corrected chi connectivity index (χ0v) is 16.8. The molecular formula is C19H19ClF3NO6. The molecule has 1 heterocycles. The number of aromatic nitrogens is 1. The summed E-state index contributed by atoms with van der Waals surface area (Å²) in [6.07, 6.45) is -3.49. The smallest absolute Gasteiger partial charge is 0.422 e. The molecule has 1 atom stereocenters. The summed E-state index contributed by atoms with van der Waals surface area (Å²) in [5.41, 5.74) is -0.980. The van der Waals surface area contributed by atoms with Crippen LogP contribution < -0.4 is 15.0 Å². The second-order valence-corrected chi connectivity index (χ2v) is 6.63. The van der Waals surface area contributed by atoms with Crippen molar-refractivity contribution in [3.05, 3.63) is 45.3 Å². The van der Waals surface area contributed by atoms with Crippen LogP contribution in [0.4, 0.5) is 13.2 Å². The molecule has 164 valence electrons. The van der Waals surface area contributed by atoms with Gasteiger partial charge in [-0.2, -0.15) is 13.2 Å². The molecule has 0 saturated carbocycles. The molecule has 0 bridgehead atoms. The highest BCUT2D eigenvalue weighted by Gasteiger charge is 2.32. The Kier molecular flexibility index (Phi) is 7.74. The van der Waals surface area contributed by atoms with Crippen LogP contribution >= 0.6 is 11.6 Å². The maximum absolute atomic E-state index is 12.7. The van der Waals surface area contributed by atoms with Gasteiger partial charge < -0.3 is 24.3 Å². The van der Waals surface area contributed by atoms with Crippen molar-refractivity contribution < 1.29 is 37.3 Å². The molecule has 0 fully saturated rings. The maximum atomic E-state index is 12.7. The van der Waals surface area contributed by atoms with Crippen LogP contribution in [0.25, 0.3) is 11.1 Å². The van der Waals surface area contributed by atoms with Crippen LogP contribution in [0.1, 0.15) is 17.9 Å². The predicted molar refractivity (Wildman–Crippen MR) is 102 cm³/mol. The van der Waals surface area contributed by atoms with Crippen molar-refractivity contribution in [1.82, 2.24) is 4.98 Å². The van der Waals surface area contributed by atoms with E-state index in [9.17, 15) is 27.9 Å². The summed E-state index contributed by atoms with van der Waals surface area (Å²) in [7, 11) is 2.64. The van der Waals surface area contributed by atoms with Crippen LogP contribution in [0.15, 0.2) is 29.2 Å². The molecule has 1 unspecified atom stereocenters. The standard InChI is InChI=1S/C19H19ClF3NO6/c1-28-6-5-11(18(26)27)16-15(14(29-2)8-24-17(16)25)12-7-10(20)3-4-13(12)30-9-19(21,22)23/h3-4,7-8,11H,5-6,9H2,1-2H3,(H,24,25)(H,26,27). The Morgan fingerprint density at radius 2 is 1.97 bits per heavy atom. The number of methoxy groups -OCH3 is 2. The number of nitrogens with one attached hydrogen (secondary N) is 1. The van der Waals surface area contributed by atoms with E-state index in [0.29, 0.717) is 0 Å². The number of aliphatic carboxylic acids is 1. The lowest BCUT2D eigenvalue weighted by Gasteiger charge is -2.21. The maximum Gasteiger partial charge on any atom is 0.422 e. The number of benzene rings is 1. The van der Waals surface area contributed by atoms with Crippen molar-refractivity contribution in [3.8, 4) is 22.6 Å². The molecule has 2 rings (SSSR count). The molecule has 0 aliphatic rings. The number of ether oxygens (including phenoxy) is 3. The predicted octanol–water partition coefficient (Wildman–Crippen LogP) is 3.85. The van der Waals surface area contributed by atoms with Gasteiger partial charge in [0.15, 0.2) is 6.61 Å². The van der Waals surface area contributed by atoms with E-state index in [4.69, 9.17) is 25.8 Å². The van der Waals surface area contributed by atoms with Gasteiger partial charge in [-0.3, -0.25) is 9.59 Å². The van der Waals surface area contributed by atoms with Crippen molar-refractivity contribution >= 4 is 17.6 Å². The van der Waals surface area contributed by atoms with Crippen molar-refractivity contribution in [1.29, 1.82) is 0 Å².